The Balaban J connectivity index is 1.90. The first-order chi connectivity index (χ1) is 14.4. The van der Waals surface area contributed by atoms with Crippen molar-refractivity contribution in [1.29, 1.82) is 0 Å². The second-order valence-corrected chi connectivity index (χ2v) is 8.72. The Labute approximate surface area is 188 Å². The van der Waals surface area contributed by atoms with Crippen LogP contribution in [0.4, 0.5) is 0 Å². The summed E-state index contributed by atoms with van der Waals surface area (Å²) in [6, 6.07) is 23.1. The van der Waals surface area contributed by atoms with Crippen molar-refractivity contribution >= 4 is 40.4 Å². The monoisotopic (exact) mass is 452 g/mol. The molecule has 6 heteroatoms. The van der Waals surface area contributed by atoms with E-state index in [4.69, 9.17) is 23.2 Å². The first kappa shape index (κ1) is 20.6. The lowest BCUT2D eigenvalue weighted by Crippen LogP contribution is -2.14. The SMILES string of the molecule is Cc1ccc(C(=O)N=c2sc(-c3ccccc3)c(-c3ccc(Cl)cc3)n2C)c(Cl)c1. The molecule has 0 atom stereocenters. The highest BCUT2D eigenvalue weighted by molar-refractivity contribution is 7.13. The van der Waals surface area contributed by atoms with Crippen molar-refractivity contribution in [2.45, 2.75) is 6.92 Å². The summed E-state index contributed by atoms with van der Waals surface area (Å²) in [4.78, 5) is 18.9. The van der Waals surface area contributed by atoms with Crippen molar-refractivity contribution in [3.63, 3.8) is 0 Å². The van der Waals surface area contributed by atoms with Gasteiger partial charge in [0.2, 0.25) is 0 Å². The van der Waals surface area contributed by atoms with Gasteiger partial charge in [-0.3, -0.25) is 4.79 Å². The molecule has 0 fully saturated rings. The number of hydrogen-bond acceptors (Lipinski definition) is 2. The van der Waals surface area contributed by atoms with Crippen LogP contribution in [0.1, 0.15) is 15.9 Å². The molecule has 150 valence electrons. The summed E-state index contributed by atoms with van der Waals surface area (Å²) in [7, 11) is 1.91. The van der Waals surface area contributed by atoms with E-state index in [1.54, 1.807) is 12.1 Å². The summed E-state index contributed by atoms with van der Waals surface area (Å²) < 4.78 is 1.94. The fraction of sp³-hybridized carbons (Fsp3) is 0.0833. The van der Waals surface area contributed by atoms with Gasteiger partial charge in [-0.25, -0.2) is 0 Å². The third-order valence-corrected chi connectivity index (χ3v) is 6.48. The number of carbonyl (C=O) groups excluding carboxylic acids is 1. The summed E-state index contributed by atoms with van der Waals surface area (Å²) >= 11 is 13.8. The van der Waals surface area contributed by atoms with E-state index in [-0.39, 0.29) is 5.91 Å². The van der Waals surface area contributed by atoms with Gasteiger partial charge in [-0.1, -0.05) is 83.1 Å². The number of carbonyl (C=O) groups is 1. The quantitative estimate of drug-likeness (QED) is 0.337. The molecule has 0 unspecified atom stereocenters. The number of aryl methyl sites for hydroxylation is 1. The summed E-state index contributed by atoms with van der Waals surface area (Å²) in [6.07, 6.45) is 0. The average molecular weight is 453 g/mol. The number of hydrogen-bond donors (Lipinski definition) is 0. The van der Waals surface area contributed by atoms with E-state index in [1.165, 1.54) is 11.3 Å². The molecule has 4 rings (SSSR count). The average Bonchev–Trinajstić information content (AvgIpc) is 3.05. The fourth-order valence-electron chi connectivity index (χ4n) is 3.21. The second-order valence-electron chi connectivity index (χ2n) is 6.89. The van der Waals surface area contributed by atoms with Gasteiger partial charge in [0.05, 0.1) is 21.2 Å². The van der Waals surface area contributed by atoms with E-state index in [9.17, 15) is 4.79 Å². The Morgan fingerprint density at radius 1 is 0.933 bits per heavy atom. The lowest BCUT2D eigenvalue weighted by atomic mass is 10.1. The maximum Gasteiger partial charge on any atom is 0.281 e. The van der Waals surface area contributed by atoms with Crippen molar-refractivity contribution in [3.05, 3.63) is 98.8 Å². The second kappa shape index (κ2) is 8.60. The molecule has 0 bridgehead atoms. The highest BCUT2D eigenvalue weighted by atomic mass is 35.5. The molecule has 0 aliphatic rings. The van der Waals surface area contributed by atoms with Crippen LogP contribution in [0.3, 0.4) is 0 Å². The van der Waals surface area contributed by atoms with Crippen LogP contribution < -0.4 is 4.80 Å². The van der Waals surface area contributed by atoms with Gasteiger partial charge in [0, 0.05) is 12.1 Å². The molecule has 0 aliphatic carbocycles. The zero-order valence-electron chi connectivity index (χ0n) is 16.4. The lowest BCUT2D eigenvalue weighted by molar-refractivity contribution is 0.0998. The summed E-state index contributed by atoms with van der Waals surface area (Å²) in [5.41, 5.74) is 4.42. The third-order valence-electron chi connectivity index (χ3n) is 4.74. The molecule has 0 radical (unpaired) electrons. The number of nitrogens with zero attached hydrogens (tertiary/aromatic N) is 2. The van der Waals surface area contributed by atoms with Crippen molar-refractivity contribution < 1.29 is 4.79 Å². The van der Waals surface area contributed by atoms with Gasteiger partial charge in [0.15, 0.2) is 4.80 Å². The van der Waals surface area contributed by atoms with E-state index in [1.807, 2.05) is 79.2 Å². The fourth-order valence-corrected chi connectivity index (χ4v) is 4.80. The van der Waals surface area contributed by atoms with Gasteiger partial charge in [-0.15, -0.1) is 0 Å². The molecule has 3 aromatic carbocycles. The zero-order valence-corrected chi connectivity index (χ0v) is 18.7. The Hall–Kier alpha value is -2.66. The standard InChI is InChI=1S/C24H18Cl2N2OS/c1-15-8-13-19(20(26)14-15)23(29)27-24-28(2)21(16-9-11-18(25)12-10-16)22(30-24)17-6-4-3-5-7-17/h3-14H,1-2H3. The Kier molecular flexibility index (Phi) is 5.91. The lowest BCUT2D eigenvalue weighted by Gasteiger charge is -2.07. The summed E-state index contributed by atoms with van der Waals surface area (Å²) in [5, 5.41) is 1.08. The molecule has 0 saturated carbocycles. The molecule has 0 aliphatic heterocycles. The number of amides is 1. The molecule has 1 heterocycles. The molecular formula is C24H18Cl2N2OS. The van der Waals surface area contributed by atoms with Crippen LogP contribution >= 0.6 is 34.5 Å². The molecule has 0 N–H and O–H groups in total. The largest absolute Gasteiger partial charge is 0.319 e. The molecular weight excluding hydrogens is 435 g/mol. The van der Waals surface area contributed by atoms with Gasteiger partial charge < -0.3 is 4.57 Å². The molecule has 1 aromatic heterocycles. The van der Waals surface area contributed by atoms with Crippen molar-refractivity contribution in [2.24, 2.45) is 12.0 Å². The first-order valence-corrected chi connectivity index (χ1v) is 10.9. The van der Waals surface area contributed by atoms with E-state index in [2.05, 4.69) is 4.99 Å². The maximum absolute atomic E-state index is 12.9. The Morgan fingerprint density at radius 3 is 2.30 bits per heavy atom. The Bertz CT molecular complexity index is 1290. The predicted octanol–water partition coefficient (Wildman–Crippen LogP) is 6.78. The zero-order chi connectivity index (χ0) is 21.3. The van der Waals surface area contributed by atoms with Crippen LogP contribution in [0.5, 0.6) is 0 Å². The smallest absolute Gasteiger partial charge is 0.281 e. The minimum atomic E-state index is -0.362. The molecule has 0 spiro atoms. The predicted molar refractivity (Wildman–Crippen MR) is 125 cm³/mol. The highest BCUT2D eigenvalue weighted by Crippen LogP contribution is 2.34. The number of aromatic nitrogens is 1. The van der Waals surface area contributed by atoms with Crippen LogP contribution in [0.15, 0.2) is 77.8 Å². The molecule has 30 heavy (non-hydrogen) atoms. The van der Waals surface area contributed by atoms with Crippen LogP contribution in [0, 0.1) is 6.92 Å². The molecule has 3 nitrogen and oxygen atoms in total. The van der Waals surface area contributed by atoms with Gasteiger partial charge in [-0.2, -0.15) is 4.99 Å². The third kappa shape index (κ3) is 4.12. The molecule has 1 amide bonds. The van der Waals surface area contributed by atoms with Crippen molar-refractivity contribution in [2.75, 3.05) is 0 Å². The summed E-state index contributed by atoms with van der Waals surface area (Å²) in [5.74, 6) is -0.362. The number of rotatable bonds is 3. The maximum atomic E-state index is 12.9. The van der Waals surface area contributed by atoms with Crippen molar-refractivity contribution in [1.82, 2.24) is 4.57 Å². The van der Waals surface area contributed by atoms with E-state index < -0.39 is 0 Å². The van der Waals surface area contributed by atoms with Crippen molar-refractivity contribution in [3.8, 4) is 21.7 Å². The van der Waals surface area contributed by atoms with Gasteiger partial charge in [0.1, 0.15) is 0 Å². The Morgan fingerprint density at radius 2 is 1.63 bits per heavy atom. The molecule has 4 aromatic rings. The molecule has 0 saturated heterocycles. The normalized spacial score (nSPS) is 11.7. The van der Waals surface area contributed by atoms with E-state index in [0.717, 1.165) is 27.3 Å². The van der Waals surface area contributed by atoms with Crippen LogP contribution in [0.25, 0.3) is 21.7 Å². The number of benzene rings is 3. The minimum Gasteiger partial charge on any atom is -0.319 e. The highest BCUT2D eigenvalue weighted by Gasteiger charge is 2.17. The number of halogens is 2. The van der Waals surface area contributed by atoms with Gasteiger partial charge >= 0.3 is 0 Å². The van der Waals surface area contributed by atoms with E-state index in [0.29, 0.717) is 20.4 Å². The van der Waals surface area contributed by atoms with Crippen LogP contribution in [-0.2, 0) is 7.05 Å². The van der Waals surface area contributed by atoms with E-state index >= 15 is 0 Å². The summed E-state index contributed by atoms with van der Waals surface area (Å²) in [6.45, 7) is 1.93. The van der Waals surface area contributed by atoms with Gasteiger partial charge in [-0.05, 0) is 47.9 Å². The van der Waals surface area contributed by atoms with Crippen LogP contribution in [0.2, 0.25) is 10.0 Å². The number of thiazole rings is 1. The van der Waals surface area contributed by atoms with Crippen LogP contribution in [-0.4, -0.2) is 10.5 Å². The first-order valence-electron chi connectivity index (χ1n) is 9.30. The van der Waals surface area contributed by atoms with Gasteiger partial charge in [0.25, 0.3) is 5.91 Å². The topological polar surface area (TPSA) is 34.4 Å². The minimum absolute atomic E-state index is 0.362.